The van der Waals surface area contributed by atoms with Crippen molar-refractivity contribution in [3.8, 4) is 0 Å². The van der Waals surface area contributed by atoms with Gasteiger partial charge in [0.15, 0.2) is 0 Å². The summed E-state index contributed by atoms with van der Waals surface area (Å²) in [4.78, 5) is 0. The van der Waals surface area contributed by atoms with Crippen LogP contribution in [0.4, 0.5) is 0 Å². The predicted molar refractivity (Wildman–Crippen MR) is 73.8 cm³/mol. The van der Waals surface area contributed by atoms with Crippen molar-refractivity contribution < 1.29 is 4.74 Å². The van der Waals surface area contributed by atoms with Crippen molar-refractivity contribution in [2.24, 2.45) is 0 Å². The molecule has 0 atom stereocenters. The normalized spacial score (nSPS) is 20.4. The Morgan fingerprint density at radius 3 is 2.39 bits per heavy atom. The number of ether oxygens (including phenoxy) is 1. The fraction of sp³-hybridized carbons (Fsp3) is 0.625. The number of hydrogen-bond acceptors (Lipinski definition) is 2. The fourth-order valence-corrected chi connectivity index (χ4v) is 3.25. The topological polar surface area (TPSA) is 21.3 Å². The first kappa shape index (κ1) is 12.2. The number of rotatable bonds is 5. The van der Waals surface area contributed by atoms with Gasteiger partial charge in [0.2, 0.25) is 0 Å². The van der Waals surface area contributed by atoms with Crippen molar-refractivity contribution in [2.75, 3.05) is 13.2 Å². The molecule has 2 nitrogen and oxygen atoms in total. The minimum atomic E-state index is 0.549. The van der Waals surface area contributed by atoms with E-state index in [9.17, 15) is 0 Å². The third kappa shape index (κ3) is 2.93. The quantitative estimate of drug-likeness (QED) is 0.805. The maximum atomic E-state index is 5.88. The third-order valence-electron chi connectivity index (χ3n) is 4.24. The summed E-state index contributed by atoms with van der Waals surface area (Å²) in [6.45, 7) is 1.87. The highest BCUT2D eigenvalue weighted by atomic mass is 16.5. The van der Waals surface area contributed by atoms with Gasteiger partial charge in [0, 0.05) is 12.6 Å². The molecule has 0 aromatic heterocycles. The van der Waals surface area contributed by atoms with Crippen LogP contribution in [0, 0.1) is 0 Å². The van der Waals surface area contributed by atoms with Crippen LogP contribution < -0.4 is 5.32 Å². The number of fused-ring (bicyclic) bond motifs is 1. The van der Waals surface area contributed by atoms with Crippen molar-refractivity contribution in [1.82, 2.24) is 5.32 Å². The highest BCUT2D eigenvalue weighted by Gasteiger charge is 2.20. The highest BCUT2D eigenvalue weighted by Crippen LogP contribution is 2.22. The molecule has 0 unspecified atom stereocenters. The molecule has 0 heterocycles. The van der Waals surface area contributed by atoms with E-state index < -0.39 is 0 Å². The molecule has 0 bridgehead atoms. The lowest BCUT2D eigenvalue weighted by Gasteiger charge is -2.14. The molecule has 0 aliphatic heterocycles. The molecule has 1 N–H and O–H groups in total. The molecule has 0 saturated heterocycles. The Morgan fingerprint density at radius 1 is 1.06 bits per heavy atom. The van der Waals surface area contributed by atoms with Crippen LogP contribution in [0.1, 0.15) is 36.8 Å². The lowest BCUT2D eigenvalue weighted by molar-refractivity contribution is 0.0592. The van der Waals surface area contributed by atoms with Crippen LogP contribution in [0.3, 0.4) is 0 Å². The summed E-state index contributed by atoms with van der Waals surface area (Å²) >= 11 is 0. The molecule has 18 heavy (non-hydrogen) atoms. The number of hydrogen-bond donors (Lipinski definition) is 1. The van der Waals surface area contributed by atoms with E-state index in [1.54, 1.807) is 0 Å². The Balaban J connectivity index is 1.35. The molecule has 1 saturated carbocycles. The molecule has 2 aliphatic rings. The first-order valence-corrected chi connectivity index (χ1v) is 7.33. The van der Waals surface area contributed by atoms with Gasteiger partial charge in [-0.3, -0.25) is 0 Å². The second-order valence-electron chi connectivity index (χ2n) is 5.61. The van der Waals surface area contributed by atoms with Crippen LogP contribution in [0.5, 0.6) is 0 Å². The van der Waals surface area contributed by atoms with Gasteiger partial charge in [-0.25, -0.2) is 0 Å². The second kappa shape index (κ2) is 5.85. The molecule has 0 amide bonds. The average molecular weight is 245 g/mol. The van der Waals surface area contributed by atoms with E-state index in [0.717, 1.165) is 13.2 Å². The van der Waals surface area contributed by atoms with Crippen molar-refractivity contribution in [3.63, 3.8) is 0 Å². The van der Waals surface area contributed by atoms with E-state index in [4.69, 9.17) is 4.74 Å². The minimum absolute atomic E-state index is 0.549. The van der Waals surface area contributed by atoms with Crippen molar-refractivity contribution in [2.45, 2.75) is 50.7 Å². The third-order valence-corrected chi connectivity index (χ3v) is 4.24. The standard InChI is InChI=1S/C16H23NO/c1-2-6-14-12-15(11-13(14)5-1)17-9-10-18-16-7-3-4-8-16/h1-2,5-6,15-17H,3-4,7-12H2. The Morgan fingerprint density at radius 2 is 1.72 bits per heavy atom. The largest absolute Gasteiger partial charge is 0.377 e. The number of nitrogens with one attached hydrogen (secondary N) is 1. The van der Waals surface area contributed by atoms with Gasteiger partial charge in [0.1, 0.15) is 0 Å². The van der Waals surface area contributed by atoms with E-state index in [1.807, 2.05) is 0 Å². The zero-order valence-electron chi connectivity index (χ0n) is 11.0. The Kier molecular flexibility index (Phi) is 3.96. The average Bonchev–Trinajstić information content (AvgIpc) is 3.03. The van der Waals surface area contributed by atoms with Gasteiger partial charge in [-0.2, -0.15) is 0 Å². The van der Waals surface area contributed by atoms with E-state index in [1.165, 1.54) is 49.7 Å². The molecule has 2 heteroatoms. The predicted octanol–water partition coefficient (Wildman–Crippen LogP) is 2.70. The molecule has 1 aromatic rings. The number of benzene rings is 1. The Hall–Kier alpha value is -0.860. The van der Waals surface area contributed by atoms with Crippen LogP contribution in [0.15, 0.2) is 24.3 Å². The fourth-order valence-electron chi connectivity index (χ4n) is 3.25. The van der Waals surface area contributed by atoms with Gasteiger partial charge in [0.05, 0.1) is 12.7 Å². The van der Waals surface area contributed by atoms with Crippen molar-refractivity contribution in [1.29, 1.82) is 0 Å². The van der Waals surface area contributed by atoms with Crippen LogP contribution >= 0.6 is 0 Å². The molecule has 1 fully saturated rings. The molecule has 98 valence electrons. The summed E-state index contributed by atoms with van der Waals surface area (Å²) in [5.41, 5.74) is 3.04. The SMILES string of the molecule is c1ccc2c(c1)CC(NCCOC1CCCC1)C2. The summed E-state index contributed by atoms with van der Waals surface area (Å²) in [5, 5.41) is 3.63. The van der Waals surface area contributed by atoms with E-state index in [-0.39, 0.29) is 0 Å². The molecule has 3 rings (SSSR count). The summed E-state index contributed by atoms with van der Waals surface area (Å²) in [7, 11) is 0. The molecule has 0 radical (unpaired) electrons. The zero-order chi connectivity index (χ0) is 12.2. The first-order chi connectivity index (χ1) is 8.92. The lowest BCUT2D eigenvalue weighted by atomic mass is 10.1. The van der Waals surface area contributed by atoms with Gasteiger partial charge in [-0.05, 0) is 36.8 Å². The van der Waals surface area contributed by atoms with Gasteiger partial charge in [0.25, 0.3) is 0 Å². The molecular formula is C16H23NO. The highest BCUT2D eigenvalue weighted by molar-refractivity contribution is 5.33. The van der Waals surface area contributed by atoms with Crippen molar-refractivity contribution in [3.05, 3.63) is 35.4 Å². The minimum Gasteiger partial charge on any atom is -0.377 e. The van der Waals surface area contributed by atoms with Crippen LogP contribution in [0.2, 0.25) is 0 Å². The lowest BCUT2D eigenvalue weighted by Crippen LogP contribution is -2.33. The summed E-state index contributed by atoms with van der Waals surface area (Å²) in [6.07, 6.45) is 8.17. The summed E-state index contributed by atoms with van der Waals surface area (Å²) in [5.74, 6) is 0. The Bertz CT molecular complexity index is 359. The van der Waals surface area contributed by atoms with Crippen LogP contribution in [0.25, 0.3) is 0 Å². The second-order valence-corrected chi connectivity index (χ2v) is 5.61. The van der Waals surface area contributed by atoms with E-state index in [2.05, 4.69) is 29.6 Å². The molecule has 1 aromatic carbocycles. The van der Waals surface area contributed by atoms with Gasteiger partial charge in [-0.15, -0.1) is 0 Å². The van der Waals surface area contributed by atoms with Crippen LogP contribution in [-0.2, 0) is 17.6 Å². The van der Waals surface area contributed by atoms with Gasteiger partial charge < -0.3 is 10.1 Å². The smallest absolute Gasteiger partial charge is 0.0594 e. The van der Waals surface area contributed by atoms with Crippen LogP contribution in [-0.4, -0.2) is 25.3 Å². The monoisotopic (exact) mass is 245 g/mol. The maximum Gasteiger partial charge on any atom is 0.0594 e. The summed E-state index contributed by atoms with van der Waals surface area (Å²) < 4.78 is 5.88. The maximum absolute atomic E-state index is 5.88. The molecule has 2 aliphatic carbocycles. The molecule has 0 spiro atoms. The van der Waals surface area contributed by atoms with Crippen molar-refractivity contribution >= 4 is 0 Å². The first-order valence-electron chi connectivity index (χ1n) is 7.33. The zero-order valence-corrected chi connectivity index (χ0v) is 11.0. The summed E-state index contributed by atoms with van der Waals surface area (Å²) in [6, 6.07) is 9.42. The Labute approximate surface area is 110 Å². The van der Waals surface area contributed by atoms with Gasteiger partial charge >= 0.3 is 0 Å². The molecular weight excluding hydrogens is 222 g/mol. The van der Waals surface area contributed by atoms with Gasteiger partial charge in [-0.1, -0.05) is 37.1 Å². The van der Waals surface area contributed by atoms with E-state index >= 15 is 0 Å². The van der Waals surface area contributed by atoms with E-state index in [0.29, 0.717) is 12.1 Å².